The first-order valence-corrected chi connectivity index (χ1v) is 6.63. The second-order valence-corrected chi connectivity index (χ2v) is 5.84. The second-order valence-electron chi connectivity index (χ2n) is 5.84. The summed E-state index contributed by atoms with van der Waals surface area (Å²) in [5, 5.41) is 10.8. The number of nitrogens with zero attached hydrogens (tertiary/aromatic N) is 4. The molecule has 2 rings (SSSR count). The van der Waals surface area contributed by atoms with Crippen LogP contribution in [0.15, 0.2) is 12.3 Å². The van der Waals surface area contributed by atoms with Gasteiger partial charge in [-0.3, -0.25) is 19.8 Å². The van der Waals surface area contributed by atoms with Crippen molar-refractivity contribution in [3.63, 3.8) is 0 Å². The summed E-state index contributed by atoms with van der Waals surface area (Å²) in [6, 6.07) is 1.19. The molecule has 2 N–H and O–H groups in total. The SMILES string of the molecule is CN1CCN(C(=O)c2cc([N+](=O)[O-])cnc2N)CC1(C)C. The number of hydrogen-bond donors (Lipinski definition) is 1. The lowest BCUT2D eigenvalue weighted by Gasteiger charge is -2.45. The van der Waals surface area contributed by atoms with Gasteiger partial charge in [-0.25, -0.2) is 4.98 Å². The van der Waals surface area contributed by atoms with Crippen molar-refractivity contribution in [2.45, 2.75) is 19.4 Å². The van der Waals surface area contributed by atoms with Crippen LogP contribution in [0.1, 0.15) is 24.2 Å². The minimum Gasteiger partial charge on any atom is -0.383 e. The number of amides is 1. The quantitative estimate of drug-likeness (QED) is 0.636. The summed E-state index contributed by atoms with van der Waals surface area (Å²) in [7, 11) is 2.01. The maximum atomic E-state index is 12.6. The van der Waals surface area contributed by atoms with Gasteiger partial charge in [-0.05, 0) is 20.9 Å². The Hall–Kier alpha value is -2.22. The first kappa shape index (κ1) is 15.2. The number of likely N-dealkylation sites (N-methyl/N-ethyl adjacent to an activating group) is 1. The number of carbonyl (C=O) groups is 1. The molecule has 0 unspecified atom stereocenters. The van der Waals surface area contributed by atoms with E-state index in [4.69, 9.17) is 5.73 Å². The Labute approximate surface area is 122 Å². The zero-order valence-corrected chi connectivity index (χ0v) is 12.4. The third kappa shape index (κ3) is 2.94. The lowest BCUT2D eigenvalue weighted by molar-refractivity contribution is -0.385. The number of nitrogen functional groups attached to an aromatic ring is 1. The van der Waals surface area contributed by atoms with E-state index in [-0.39, 0.29) is 28.5 Å². The molecule has 2 heterocycles. The number of rotatable bonds is 2. The second kappa shape index (κ2) is 5.28. The van der Waals surface area contributed by atoms with Crippen LogP contribution in [0.2, 0.25) is 0 Å². The van der Waals surface area contributed by atoms with Crippen LogP contribution in [0.25, 0.3) is 0 Å². The first-order valence-electron chi connectivity index (χ1n) is 6.63. The molecule has 1 aliphatic heterocycles. The van der Waals surface area contributed by atoms with Gasteiger partial charge >= 0.3 is 0 Å². The van der Waals surface area contributed by atoms with Crippen LogP contribution < -0.4 is 5.73 Å². The van der Waals surface area contributed by atoms with Gasteiger partial charge in [0, 0.05) is 31.2 Å². The average Bonchev–Trinajstić information content (AvgIpc) is 2.41. The van der Waals surface area contributed by atoms with Crippen molar-refractivity contribution in [1.29, 1.82) is 0 Å². The molecule has 1 aromatic rings. The van der Waals surface area contributed by atoms with Gasteiger partial charge in [0.2, 0.25) is 0 Å². The van der Waals surface area contributed by atoms with Crippen molar-refractivity contribution in [2.75, 3.05) is 32.4 Å². The Morgan fingerprint density at radius 2 is 2.14 bits per heavy atom. The molecule has 0 saturated carbocycles. The Morgan fingerprint density at radius 1 is 1.48 bits per heavy atom. The summed E-state index contributed by atoms with van der Waals surface area (Å²) >= 11 is 0. The van der Waals surface area contributed by atoms with Gasteiger partial charge in [-0.1, -0.05) is 0 Å². The van der Waals surface area contributed by atoms with E-state index in [1.165, 1.54) is 6.07 Å². The molecule has 0 aromatic carbocycles. The molecule has 0 aliphatic carbocycles. The van der Waals surface area contributed by atoms with Gasteiger partial charge in [-0.2, -0.15) is 0 Å². The number of carbonyl (C=O) groups excluding carboxylic acids is 1. The highest BCUT2D eigenvalue weighted by Crippen LogP contribution is 2.23. The molecule has 0 atom stereocenters. The molecule has 8 nitrogen and oxygen atoms in total. The molecule has 114 valence electrons. The Bertz CT molecular complexity index is 587. The van der Waals surface area contributed by atoms with Crippen LogP contribution in [0, 0.1) is 10.1 Å². The fourth-order valence-corrected chi connectivity index (χ4v) is 2.32. The van der Waals surface area contributed by atoms with Gasteiger partial charge in [-0.15, -0.1) is 0 Å². The fraction of sp³-hybridized carbons (Fsp3) is 0.538. The highest BCUT2D eigenvalue weighted by atomic mass is 16.6. The third-order valence-electron chi connectivity index (χ3n) is 3.95. The zero-order valence-electron chi connectivity index (χ0n) is 12.4. The Kier molecular flexibility index (Phi) is 3.82. The van der Waals surface area contributed by atoms with Crippen molar-refractivity contribution in [2.24, 2.45) is 0 Å². The highest BCUT2D eigenvalue weighted by molar-refractivity contribution is 5.99. The fourth-order valence-electron chi connectivity index (χ4n) is 2.32. The van der Waals surface area contributed by atoms with Crippen LogP contribution in [0.3, 0.4) is 0 Å². The molecule has 1 aromatic heterocycles. The van der Waals surface area contributed by atoms with Crippen molar-refractivity contribution in [3.05, 3.63) is 27.9 Å². The topological polar surface area (TPSA) is 106 Å². The minimum absolute atomic E-state index is 0.0161. The Balaban J connectivity index is 2.28. The number of nitro groups is 1. The van der Waals surface area contributed by atoms with E-state index in [1.54, 1.807) is 4.90 Å². The van der Waals surface area contributed by atoms with E-state index in [2.05, 4.69) is 9.88 Å². The lowest BCUT2D eigenvalue weighted by Crippen LogP contribution is -2.58. The number of nitrogens with two attached hydrogens (primary N) is 1. The summed E-state index contributed by atoms with van der Waals surface area (Å²) in [6.45, 7) is 5.91. The smallest absolute Gasteiger partial charge is 0.288 e. The van der Waals surface area contributed by atoms with Gasteiger partial charge in [0.05, 0.1) is 10.5 Å². The lowest BCUT2D eigenvalue weighted by atomic mass is 9.99. The third-order valence-corrected chi connectivity index (χ3v) is 3.95. The summed E-state index contributed by atoms with van der Waals surface area (Å²) in [4.78, 5) is 30.4. The van der Waals surface area contributed by atoms with Crippen molar-refractivity contribution in [3.8, 4) is 0 Å². The van der Waals surface area contributed by atoms with Gasteiger partial charge in [0.1, 0.15) is 12.0 Å². The van der Waals surface area contributed by atoms with Crippen LogP contribution in [0.4, 0.5) is 11.5 Å². The van der Waals surface area contributed by atoms with Crippen LogP contribution in [0.5, 0.6) is 0 Å². The van der Waals surface area contributed by atoms with Gasteiger partial charge in [0.25, 0.3) is 11.6 Å². The summed E-state index contributed by atoms with van der Waals surface area (Å²) in [6.07, 6.45) is 1.06. The van der Waals surface area contributed by atoms with E-state index < -0.39 is 4.92 Å². The number of pyridine rings is 1. The Morgan fingerprint density at radius 3 is 2.71 bits per heavy atom. The van der Waals surface area contributed by atoms with E-state index in [1.807, 2.05) is 20.9 Å². The number of aromatic nitrogens is 1. The van der Waals surface area contributed by atoms with Crippen molar-refractivity contribution < 1.29 is 9.72 Å². The molecule has 1 saturated heterocycles. The molecule has 8 heteroatoms. The van der Waals surface area contributed by atoms with E-state index in [0.717, 1.165) is 12.7 Å². The van der Waals surface area contributed by atoms with E-state index >= 15 is 0 Å². The molecule has 1 fully saturated rings. The molecular formula is C13H19N5O3. The van der Waals surface area contributed by atoms with Gasteiger partial charge < -0.3 is 10.6 Å². The largest absolute Gasteiger partial charge is 0.383 e. The number of anilines is 1. The normalized spacial score (nSPS) is 18.5. The van der Waals surface area contributed by atoms with Crippen molar-refractivity contribution in [1.82, 2.24) is 14.8 Å². The highest BCUT2D eigenvalue weighted by Gasteiger charge is 2.34. The zero-order chi connectivity index (χ0) is 15.8. The molecule has 0 spiro atoms. The summed E-state index contributed by atoms with van der Waals surface area (Å²) < 4.78 is 0. The standard InChI is InChI=1S/C13H19N5O3/c1-13(2)8-17(5-4-16(13)3)12(19)10-6-9(18(20)21)7-15-11(10)14/h6-7H,4-5,8H2,1-3H3,(H2,14,15). The predicted octanol–water partition coefficient (Wildman–Crippen LogP) is 0.738. The summed E-state index contributed by atoms with van der Waals surface area (Å²) in [5.41, 5.74) is 5.40. The van der Waals surface area contributed by atoms with Crippen LogP contribution >= 0.6 is 0 Å². The monoisotopic (exact) mass is 293 g/mol. The first-order chi connectivity index (χ1) is 9.72. The van der Waals surface area contributed by atoms with Crippen molar-refractivity contribution >= 4 is 17.4 Å². The van der Waals surface area contributed by atoms with E-state index in [0.29, 0.717) is 13.1 Å². The minimum atomic E-state index is -0.586. The molecule has 1 amide bonds. The maximum Gasteiger partial charge on any atom is 0.288 e. The summed E-state index contributed by atoms with van der Waals surface area (Å²) in [5.74, 6) is -0.299. The van der Waals surface area contributed by atoms with Gasteiger partial charge in [0.15, 0.2) is 0 Å². The maximum absolute atomic E-state index is 12.6. The molecule has 1 aliphatic rings. The number of hydrogen-bond acceptors (Lipinski definition) is 6. The van der Waals surface area contributed by atoms with Crippen LogP contribution in [-0.4, -0.2) is 57.8 Å². The molecule has 21 heavy (non-hydrogen) atoms. The predicted molar refractivity (Wildman–Crippen MR) is 77.9 cm³/mol. The molecule has 0 radical (unpaired) electrons. The molecular weight excluding hydrogens is 274 g/mol. The average molecular weight is 293 g/mol. The number of piperazine rings is 1. The molecule has 0 bridgehead atoms. The van der Waals surface area contributed by atoms with E-state index in [9.17, 15) is 14.9 Å². The van der Waals surface area contributed by atoms with Crippen LogP contribution in [-0.2, 0) is 0 Å².